The highest BCUT2D eigenvalue weighted by molar-refractivity contribution is 7.30. The molecule has 0 aliphatic carbocycles. The molecule has 11 rings (SSSR count). The minimum atomic E-state index is -0.478. The number of hydrogen-bond donors (Lipinski definition) is 0. The van der Waals surface area contributed by atoms with Gasteiger partial charge in [-0.3, -0.25) is 14.5 Å². The summed E-state index contributed by atoms with van der Waals surface area (Å²) in [5.41, 5.74) is 1.95. The van der Waals surface area contributed by atoms with Crippen molar-refractivity contribution in [3.05, 3.63) is 94.2 Å². The Morgan fingerprint density at radius 3 is 1.05 bits per heavy atom. The Kier molecular flexibility index (Phi) is 20.1. The van der Waals surface area contributed by atoms with E-state index in [-0.39, 0.29) is 11.8 Å². The summed E-state index contributed by atoms with van der Waals surface area (Å²) in [5, 5.41) is 15.5. The Bertz CT molecular complexity index is 3640. The fourth-order valence-electron chi connectivity index (χ4n) is 12.8. The molecular weight excluding hydrogens is 1100 g/mol. The van der Waals surface area contributed by atoms with Gasteiger partial charge in [-0.1, -0.05) is 186 Å². The monoisotopic (exact) mass is 1190 g/mol. The van der Waals surface area contributed by atoms with Crippen molar-refractivity contribution in [2.24, 2.45) is 0 Å². The first-order valence-electron chi connectivity index (χ1n) is 31.9. The van der Waals surface area contributed by atoms with Gasteiger partial charge in [-0.25, -0.2) is 0 Å². The van der Waals surface area contributed by atoms with Crippen LogP contribution >= 0.6 is 45.3 Å². The molecule has 1 unspecified atom stereocenters. The van der Waals surface area contributed by atoms with Gasteiger partial charge in [0.15, 0.2) is 23.0 Å². The molecule has 0 bridgehead atoms. The Balaban J connectivity index is 1.13. The first-order valence-corrected chi connectivity index (χ1v) is 35.3. The molecule has 7 nitrogen and oxygen atoms in total. The number of thiophene rings is 4. The quantitative estimate of drug-likeness (QED) is 0.0296. The molecule has 11 heteroatoms. The average Bonchev–Trinajstić information content (AvgIpc) is 1.82. The smallest absolute Gasteiger partial charge is 0.263 e. The minimum Gasteiger partial charge on any atom is -0.490 e. The van der Waals surface area contributed by atoms with Gasteiger partial charge in [-0.05, 0) is 85.3 Å². The van der Waals surface area contributed by atoms with E-state index in [0.717, 1.165) is 153 Å². The molecule has 0 fully saturated rings. The molecule has 0 saturated heterocycles. The van der Waals surface area contributed by atoms with Gasteiger partial charge in [0, 0.05) is 82.1 Å². The van der Waals surface area contributed by atoms with Gasteiger partial charge < -0.3 is 18.9 Å². The number of benzene rings is 6. The number of nitrogens with zero attached hydrogens (tertiary/aromatic N) is 1. The predicted molar refractivity (Wildman–Crippen MR) is 359 cm³/mol. The largest absolute Gasteiger partial charge is 0.490 e. The van der Waals surface area contributed by atoms with Crippen LogP contribution in [0, 0.1) is 0 Å². The van der Waals surface area contributed by atoms with Crippen molar-refractivity contribution in [1.29, 1.82) is 0 Å². The van der Waals surface area contributed by atoms with Gasteiger partial charge in [0.2, 0.25) is 0 Å². The number of amides is 2. The number of carbonyl (C=O) groups excluding carboxylic acids is 2. The molecule has 0 N–H and O–H groups in total. The summed E-state index contributed by atoms with van der Waals surface area (Å²) in [6.45, 7) is 13.6. The van der Waals surface area contributed by atoms with Crippen molar-refractivity contribution < 1.29 is 28.5 Å². The van der Waals surface area contributed by atoms with Gasteiger partial charge in [0.1, 0.15) is 0 Å². The topological polar surface area (TPSA) is 74.3 Å². The Morgan fingerprint density at radius 1 is 0.373 bits per heavy atom. The zero-order chi connectivity index (χ0) is 57.2. The van der Waals surface area contributed by atoms with E-state index in [4.69, 9.17) is 18.9 Å². The number of imide groups is 1. The van der Waals surface area contributed by atoms with Crippen LogP contribution in [0.15, 0.2) is 77.5 Å². The predicted octanol–water partition coefficient (Wildman–Crippen LogP) is 23.5. The van der Waals surface area contributed by atoms with E-state index in [1.54, 1.807) is 45.3 Å². The second-order valence-electron chi connectivity index (χ2n) is 23.3. The van der Waals surface area contributed by atoms with E-state index in [0.29, 0.717) is 37.6 Å². The van der Waals surface area contributed by atoms with Crippen LogP contribution in [0.25, 0.3) is 82.1 Å². The van der Waals surface area contributed by atoms with Crippen molar-refractivity contribution in [2.75, 3.05) is 26.4 Å². The number of fused-ring (bicyclic) bond motifs is 20. The summed E-state index contributed by atoms with van der Waals surface area (Å²) in [6.07, 6.45) is 28.4. The standard InChI is InChI=1S/C72H85NO6S4/c1-6-10-14-18-22-29-37-76-55-43-51-53(45-57(55)78-39-31-24-20-16-12-8-3)67-59(49-35-41-80-65(49)51)61-62-60-50-36-42-81-66(50)52-44-56(77-38-30-23-19-15-11-7-2)58(79-40-32-25-21-17-13-9-4)46-54(52)68(60)83-70(62)64-63(69(61)82-67)71(74)73(72(64)75)47(5)48-33-27-26-28-34-48/h26-28,33-36,41-47H,6-25,29-32,37-40H2,1-5H3. The molecule has 83 heavy (non-hydrogen) atoms. The summed E-state index contributed by atoms with van der Waals surface area (Å²) in [6, 6.07) is 23.0. The van der Waals surface area contributed by atoms with Crippen LogP contribution in [0.1, 0.15) is 221 Å². The van der Waals surface area contributed by atoms with Gasteiger partial charge in [-0.2, -0.15) is 0 Å². The van der Waals surface area contributed by atoms with Crippen LogP contribution in [0.3, 0.4) is 0 Å². The number of rotatable bonds is 34. The van der Waals surface area contributed by atoms with Gasteiger partial charge >= 0.3 is 0 Å². The van der Waals surface area contributed by atoms with Crippen LogP contribution in [-0.4, -0.2) is 43.1 Å². The van der Waals surface area contributed by atoms with Crippen molar-refractivity contribution in [3.8, 4) is 23.0 Å². The third-order valence-corrected chi connectivity index (χ3v) is 21.7. The number of ether oxygens (including phenoxy) is 4. The average molecular weight is 1190 g/mol. The van der Waals surface area contributed by atoms with Crippen molar-refractivity contribution in [2.45, 2.75) is 195 Å². The number of hydrogen-bond acceptors (Lipinski definition) is 10. The first kappa shape index (κ1) is 59.3. The lowest BCUT2D eigenvalue weighted by Gasteiger charge is -2.22. The van der Waals surface area contributed by atoms with Crippen molar-refractivity contribution >= 4 is 139 Å². The van der Waals surface area contributed by atoms with E-state index in [2.05, 4.69) is 74.9 Å². The van der Waals surface area contributed by atoms with Crippen LogP contribution in [-0.2, 0) is 0 Å². The van der Waals surface area contributed by atoms with Crippen LogP contribution in [0.2, 0.25) is 0 Å². The highest BCUT2D eigenvalue weighted by Gasteiger charge is 2.44. The van der Waals surface area contributed by atoms with E-state index in [1.807, 2.05) is 37.3 Å². The molecule has 438 valence electrons. The fourth-order valence-corrected chi connectivity index (χ4v) is 17.5. The Hall–Kier alpha value is -5.46. The molecule has 2 amide bonds. The first-order chi connectivity index (χ1) is 40.9. The van der Waals surface area contributed by atoms with E-state index in [1.165, 1.54) is 117 Å². The molecule has 6 aromatic carbocycles. The Labute approximate surface area is 507 Å². The molecule has 0 saturated carbocycles. The maximum Gasteiger partial charge on any atom is 0.263 e. The lowest BCUT2D eigenvalue weighted by molar-refractivity contribution is 0.0596. The molecule has 4 aromatic heterocycles. The maximum absolute atomic E-state index is 15.7. The van der Waals surface area contributed by atoms with E-state index < -0.39 is 6.04 Å². The summed E-state index contributed by atoms with van der Waals surface area (Å²) < 4.78 is 33.5. The molecule has 10 aromatic rings. The molecule has 0 spiro atoms. The van der Waals surface area contributed by atoms with Crippen LogP contribution in [0.5, 0.6) is 23.0 Å². The minimum absolute atomic E-state index is 0.237. The molecule has 1 aliphatic heterocycles. The molecular formula is C72H85NO6S4. The summed E-state index contributed by atoms with van der Waals surface area (Å²) in [4.78, 5) is 32.9. The van der Waals surface area contributed by atoms with E-state index in [9.17, 15) is 0 Å². The van der Waals surface area contributed by atoms with E-state index >= 15 is 9.59 Å². The third kappa shape index (κ3) is 12.2. The molecule has 1 atom stereocenters. The van der Waals surface area contributed by atoms with Crippen LogP contribution in [0.4, 0.5) is 0 Å². The van der Waals surface area contributed by atoms with Crippen molar-refractivity contribution in [1.82, 2.24) is 4.90 Å². The second-order valence-corrected chi connectivity index (χ2v) is 27.2. The summed E-state index contributed by atoms with van der Waals surface area (Å²) in [5.74, 6) is 2.66. The normalized spacial score (nSPS) is 13.2. The lowest BCUT2D eigenvalue weighted by Crippen LogP contribution is -2.32. The van der Waals surface area contributed by atoms with Gasteiger partial charge in [-0.15, -0.1) is 45.3 Å². The van der Waals surface area contributed by atoms with Crippen LogP contribution < -0.4 is 18.9 Å². The number of unbranched alkanes of at least 4 members (excludes halogenated alkanes) is 20. The third-order valence-electron chi connectivity index (χ3n) is 17.3. The highest BCUT2D eigenvalue weighted by Crippen LogP contribution is 2.58. The molecule has 1 aliphatic rings. The van der Waals surface area contributed by atoms with Crippen molar-refractivity contribution in [3.63, 3.8) is 0 Å². The van der Waals surface area contributed by atoms with Gasteiger partial charge in [0.25, 0.3) is 11.8 Å². The second kappa shape index (κ2) is 28.2. The molecule has 5 heterocycles. The maximum atomic E-state index is 15.7. The number of carbonyl (C=O) groups is 2. The zero-order valence-electron chi connectivity index (χ0n) is 49.9. The fraction of sp³-hybridized carbons (Fsp3) is 0.472. The SMILES string of the molecule is CCCCCCCCOc1cc2c(cc1OCCCCCCCC)c1sc3c4c(c5sc6c7cc(OCCCCCCCC)c(OCCCCCCCC)cc7c7sccc7c6c5c3c1c1ccsc21)C(=O)N(C(C)c1ccccc1)C4=O. The summed E-state index contributed by atoms with van der Waals surface area (Å²) in [7, 11) is 0. The summed E-state index contributed by atoms with van der Waals surface area (Å²) >= 11 is 6.85. The highest BCUT2D eigenvalue weighted by atomic mass is 32.1. The van der Waals surface area contributed by atoms with Gasteiger partial charge in [0.05, 0.1) is 43.6 Å². The lowest BCUT2D eigenvalue weighted by atomic mass is 9.94. The Morgan fingerprint density at radius 2 is 0.699 bits per heavy atom. The molecule has 0 radical (unpaired) electrons. The zero-order valence-corrected chi connectivity index (χ0v) is 53.2.